The Morgan fingerprint density at radius 1 is 1.35 bits per heavy atom. The molecule has 23 heavy (non-hydrogen) atoms. The Labute approximate surface area is 138 Å². The maximum Gasteiger partial charge on any atom is 0.315 e. The van der Waals surface area contributed by atoms with Crippen molar-refractivity contribution in [2.75, 3.05) is 13.2 Å². The van der Waals surface area contributed by atoms with Crippen LogP contribution in [0, 0.1) is 5.92 Å². The van der Waals surface area contributed by atoms with Crippen LogP contribution < -0.4 is 10.6 Å². The van der Waals surface area contributed by atoms with Crippen LogP contribution >= 0.6 is 0 Å². The Hall–Kier alpha value is -1.62. The molecule has 128 valence electrons. The molecule has 1 aliphatic carbocycles. The monoisotopic (exact) mass is 319 g/mol. The summed E-state index contributed by atoms with van der Waals surface area (Å²) >= 11 is 0. The first kappa shape index (κ1) is 17.7. The van der Waals surface area contributed by atoms with Crippen molar-refractivity contribution in [3.8, 4) is 0 Å². The zero-order chi connectivity index (χ0) is 16.7. The summed E-state index contributed by atoms with van der Waals surface area (Å²) in [6.07, 6.45) is 9.30. The Morgan fingerprint density at radius 2 is 2.00 bits per heavy atom. The van der Waals surface area contributed by atoms with E-state index in [1.165, 1.54) is 19.3 Å². The molecule has 0 aliphatic heterocycles. The van der Waals surface area contributed by atoms with Crippen molar-refractivity contribution in [3.05, 3.63) is 30.1 Å². The average molecular weight is 319 g/mol. The van der Waals surface area contributed by atoms with Gasteiger partial charge in [0.05, 0.1) is 12.1 Å². The number of aromatic nitrogens is 1. The molecule has 1 fully saturated rings. The number of pyridine rings is 1. The molecular weight excluding hydrogens is 290 g/mol. The van der Waals surface area contributed by atoms with Crippen LogP contribution in [0.25, 0.3) is 0 Å². The van der Waals surface area contributed by atoms with E-state index in [4.69, 9.17) is 0 Å². The molecule has 0 unspecified atom stereocenters. The van der Waals surface area contributed by atoms with Gasteiger partial charge in [0.1, 0.15) is 0 Å². The third-order valence-electron chi connectivity index (χ3n) is 5.08. The van der Waals surface area contributed by atoms with E-state index >= 15 is 0 Å². The van der Waals surface area contributed by atoms with E-state index < -0.39 is 5.54 Å². The van der Waals surface area contributed by atoms with E-state index in [1.54, 1.807) is 12.4 Å². The number of urea groups is 1. The summed E-state index contributed by atoms with van der Waals surface area (Å²) in [7, 11) is 0. The van der Waals surface area contributed by atoms with Crippen LogP contribution in [0.2, 0.25) is 0 Å². The molecule has 2 amide bonds. The second-order valence-corrected chi connectivity index (χ2v) is 6.93. The van der Waals surface area contributed by atoms with Crippen LogP contribution in [0.5, 0.6) is 0 Å². The van der Waals surface area contributed by atoms with Crippen molar-refractivity contribution in [1.82, 2.24) is 15.6 Å². The predicted molar refractivity (Wildman–Crippen MR) is 91.3 cm³/mol. The second kappa shape index (κ2) is 8.29. The quantitative estimate of drug-likeness (QED) is 0.755. The lowest BCUT2D eigenvalue weighted by molar-refractivity contribution is 0.101. The minimum Gasteiger partial charge on any atom is -0.394 e. The first-order chi connectivity index (χ1) is 11.0. The van der Waals surface area contributed by atoms with Gasteiger partial charge in [-0.2, -0.15) is 0 Å². The molecule has 0 aromatic carbocycles. The summed E-state index contributed by atoms with van der Waals surface area (Å²) in [6.45, 7) is 4.56. The van der Waals surface area contributed by atoms with Gasteiger partial charge in [-0.25, -0.2) is 4.79 Å². The third-order valence-corrected chi connectivity index (χ3v) is 5.08. The summed E-state index contributed by atoms with van der Waals surface area (Å²) in [4.78, 5) is 16.3. The topological polar surface area (TPSA) is 74.2 Å². The van der Waals surface area contributed by atoms with Crippen LogP contribution in [0.1, 0.15) is 57.4 Å². The Morgan fingerprint density at radius 3 is 2.61 bits per heavy atom. The van der Waals surface area contributed by atoms with Crippen molar-refractivity contribution < 1.29 is 9.90 Å². The number of aliphatic hydroxyl groups excluding tert-OH is 1. The van der Waals surface area contributed by atoms with Crippen molar-refractivity contribution in [2.45, 2.75) is 57.4 Å². The Kier molecular flexibility index (Phi) is 6.39. The molecule has 0 spiro atoms. The number of hydrogen-bond acceptors (Lipinski definition) is 3. The number of nitrogens with zero attached hydrogens (tertiary/aromatic N) is 1. The highest BCUT2D eigenvalue weighted by atomic mass is 16.3. The Bertz CT molecular complexity index is 488. The summed E-state index contributed by atoms with van der Waals surface area (Å²) in [5.41, 5.74) is 0.613. The van der Waals surface area contributed by atoms with E-state index in [0.717, 1.165) is 18.4 Å². The highest BCUT2D eigenvalue weighted by Crippen LogP contribution is 2.32. The lowest BCUT2D eigenvalue weighted by Crippen LogP contribution is -2.57. The van der Waals surface area contributed by atoms with Gasteiger partial charge in [0, 0.05) is 18.9 Å². The van der Waals surface area contributed by atoms with E-state index in [1.807, 2.05) is 19.1 Å². The van der Waals surface area contributed by atoms with Crippen molar-refractivity contribution in [1.29, 1.82) is 0 Å². The van der Waals surface area contributed by atoms with Crippen LogP contribution in [0.4, 0.5) is 4.79 Å². The smallest absolute Gasteiger partial charge is 0.315 e. The van der Waals surface area contributed by atoms with Gasteiger partial charge in [-0.05, 0) is 49.3 Å². The molecule has 2 rings (SSSR count). The number of carbonyl (C=O) groups excluding carboxylic acids is 1. The second-order valence-electron chi connectivity index (χ2n) is 6.93. The normalized spacial score (nSPS) is 19.6. The standard InChI is InChI=1S/C18H29N3O2/c1-14(15-8-10-19-11-9-15)12-20-17(23)21-18(2,13-22)16-6-4-3-5-7-16/h8-11,14,16,22H,3-7,12-13H2,1-2H3,(H2,20,21,23)/t14-,18+/m0/s1. The Balaban J connectivity index is 1.85. The van der Waals surface area contributed by atoms with Gasteiger partial charge in [0.25, 0.3) is 0 Å². The lowest BCUT2D eigenvalue weighted by atomic mass is 9.76. The fourth-order valence-corrected chi connectivity index (χ4v) is 3.37. The van der Waals surface area contributed by atoms with Crippen LogP contribution in [-0.4, -0.2) is 34.8 Å². The molecule has 1 aromatic heterocycles. The predicted octanol–water partition coefficient (Wildman–Crippen LogP) is 2.82. The number of hydrogen-bond donors (Lipinski definition) is 3. The van der Waals surface area contributed by atoms with E-state index in [0.29, 0.717) is 12.5 Å². The third kappa shape index (κ3) is 4.93. The summed E-state index contributed by atoms with van der Waals surface area (Å²) in [5, 5.41) is 15.7. The van der Waals surface area contributed by atoms with Gasteiger partial charge in [0.15, 0.2) is 0 Å². The largest absolute Gasteiger partial charge is 0.394 e. The number of nitrogens with one attached hydrogen (secondary N) is 2. The maximum absolute atomic E-state index is 12.3. The van der Waals surface area contributed by atoms with Crippen LogP contribution in [0.3, 0.4) is 0 Å². The molecule has 5 nitrogen and oxygen atoms in total. The number of amides is 2. The summed E-state index contributed by atoms with van der Waals surface area (Å²) < 4.78 is 0. The van der Waals surface area contributed by atoms with E-state index in [2.05, 4.69) is 22.5 Å². The van der Waals surface area contributed by atoms with Gasteiger partial charge < -0.3 is 15.7 Å². The lowest BCUT2D eigenvalue weighted by Gasteiger charge is -2.39. The van der Waals surface area contributed by atoms with Crippen molar-refractivity contribution in [3.63, 3.8) is 0 Å². The van der Waals surface area contributed by atoms with Gasteiger partial charge in [-0.1, -0.05) is 26.2 Å². The van der Waals surface area contributed by atoms with Gasteiger partial charge in [0.2, 0.25) is 0 Å². The molecule has 2 atom stereocenters. The maximum atomic E-state index is 12.3. The van der Waals surface area contributed by atoms with Crippen molar-refractivity contribution in [2.24, 2.45) is 5.92 Å². The SMILES string of the molecule is C[C@@H](CNC(=O)N[C@](C)(CO)C1CCCCC1)c1ccncc1. The van der Waals surface area contributed by atoms with Crippen LogP contribution in [-0.2, 0) is 0 Å². The molecule has 1 aliphatic rings. The summed E-state index contributed by atoms with van der Waals surface area (Å²) in [6, 6.07) is 3.72. The molecule has 1 saturated carbocycles. The van der Waals surface area contributed by atoms with E-state index in [-0.39, 0.29) is 18.6 Å². The average Bonchev–Trinajstić information content (AvgIpc) is 2.61. The van der Waals surface area contributed by atoms with Gasteiger partial charge >= 0.3 is 6.03 Å². The molecule has 1 heterocycles. The minimum absolute atomic E-state index is 0.0228. The molecule has 1 aromatic rings. The number of carbonyl (C=O) groups is 1. The molecule has 0 saturated heterocycles. The zero-order valence-electron chi connectivity index (χ0n) is 14.2. The summed E-state index contributed by atoms with van der Waals surface area (Å²) in [5.74, 6) is 0.573. The van der Waals surface area contributed by atoms with Gasteiger partial charge in [-0.3, -0.25) is 4.98 Å². The molecule has 0 bridgehead atoms. The van der Waals surface area contributed by atoms with E-state index in [9.17, 15) is 9.90 Å². The van der Waals surface area contributed by atoms with Gasteiger partial charge in [-0.15, -0.1) is 0 Å². The zero-order valence-corrected chi connectivity index (χ0v) is 14.2. The first-order valence-electron chi connectivity index (χ1n) is 8.62. The van der Waals surface area contributed by atoms with Crippen LogP contribution in [0.15, 0.2) is 24.5 Å². The molecule has 0 radical (unpaired) electrons. The first-order valence-corrected chi connectivity index (χ1v) is 8.62. The highest BCUT2D eigenvalue weighted by molar-refractivity contribution is 5.74. The fraction of sp³-hybridized carbons (Fsp3) is 0.667. The number of aliphatic hydroxyl groups is 1. The highest BCUT2D eigenvalue weighted by Gasteiger charge is 2.35. The molecule has 5 heteroatoms. The molecule has 3 N–H and O–H groups in total. The number of rotatable bonds is 6. The minimum atomic E-state index is -0.537. The molecular formula is C18H29N3O2. The fourth-order valence-electron chi connectivity index (χ4n) is 3.37. The van der Waals surface area contributed by atoms with Crippen molar-refractivity contribution >= 4 is 6.03 Å².